The molecule has 0 bridgehead atoms. The number of nitrogens with zero attached hydrogens (tertiary/aromatic N) is 1. The number of hydrogen-bond acceptors (Lipinski definition) is 3. The van der Waals surface area contributed by atoms with E-state index in [1.54, 1.807) is 11.3 Å². The van der Waals surface area contributed by atoms with Crippen LogP contribution in [-0.2, 0) is 4.79 Å². The molecule has 2 atom stereocenters. The van der Waals surface area contributed by atoms with Gasteiger partial charge >= 0.3 is 0 Å². The Morgan fingerprint density at radius 2 is 1.91 bits per heavy atom. The van der Waals surface area contributed by atoms with Crippen LogP contribution in [0.1, 0.15) is 35.7 Å². The molecule has 22 heavy (non-hydrogen) atoms. The van der Waals surface area contributed by atoms with Crippen molar-refractivity contribution in [2.45, 2.75) is 25.3 Å². The molecule has 2 unspecified atom stereocenters. The predicted octanol–water partition coefficient (Wildman–Crippen LogP) is 3.66. The topological polar surface area (TPSA) is 32.3 Å². The first-order chi connectivity index (χ1) is 10.6. The van der Waals surface area contributed by atoms with Gasteiger partial charge in [-0.2, -0.15) is 0 Å². The summed E-state index contributed by atoms with van der Waals surface area (Å²) in [6.45, 7) is 2.69. The lowest BCUT2D eigenvalue weighted by Crippen LogP contribution is -2.36. The van der Waals surface area contributed by atoms with Crippen LogP contribution < -0.4 is 5.32 Å². The van der Waals surface area contributed by atoms with Crippen LogP contribution in [-0.4, -0.2) is 31.4 Å². The minimum Gasteiger partial charge on any atom is -0.354 e. The molecule has 0 spiro atoms. The smallest absolute Gasteiger partial charge is 0.227 e. The second-order valence-corrected chi connectivity index (χ2v) is 6.59. The minimum absolute atomic E-state index is 0.0765. The lowest BCUT2D eigenvalue weighted by molar-refractivity contribution is -0.122. The molecule has 0 saturated heterocycles. The van der Waals surface area contributed by atoms with Crippen molar-refractivity contribution < 1.29 is 4.79 Å². The summed E-state index contributed by atoms with van der Waals surface area (Å²) in [4.78, 5) is 16.0. The van der Waals surface area contributed by atoms with E-state index in [1.807, 2.05) is 44.4 Å². The van der Waals surface area contributed by atoms with E-state index in [-0.39, 0.29) is 17.9 Å². The second kappa shape index (κ2) is 8.11. The van der Waals surface area contributed by atoms with Gasteiger partial charge in [0.15, 0.2) is 0 Å². The van der Waals surface area contributed by atoms with E-state index in [2.05, 4.69) is 34.7 Å². The number of amides is 1. The van der Waals surface area contributed by atoms with Crippen molar-refractivity contribution in [3.8, 4) is 0 Å². The van der Waals surface area contributed by atoms with Crippen LogP contribution >= 0.6 is 11.3 Å². The Hall–Kier alpha value is -1.65. The third-order valence-corrected chi connectivity index (χ3v) is 4.86. The highest BCUT2D eigenvalue weighted by molar-refractivity contribution is 7.10. The minimum atomic E-state index is -0.0765. The van der Waals surface area contributed by atoms with Gasteiger partial charge in [0.2, 0.25) is 5.91 Å². The zero-order valence-electron chi connectivity index (χ0n) is 13.5. The molecular formula is C18H24N2OS. The molecule has 0 fully saturated rings. The molecule has 3 nitrogen and oxygen atoms in total. The highest BCUT2D eigenvalue weighted by Crippen LogP contribution is 2.23. The van der Waals surface area contributed by atoms with Crippen LogP contribution in [0, 0.1) is 0 Å². The lowest BCUT2D eigenvalue weighted by atomic mass is 9.95. The summed E-state index contributed by atoms with van der Waals surface area (Å²) in [5, 5.41) is 5.20. The van der Waals surface area contributed by atoms with Crippen molar-refractivity contribution in [1.29, 1.82) is 0 Å². The van der Waals surface area contributed by atoms with Crippen molar-refractivity contribution >= 4 is 17.2 Å². The van der Waals surface area contributed by atoms with E-state index in [9.17, 15) is 4.79 Å². The molecule has 1 aromatic carbocycles. The fraction of sp³-hybridized carbons (Fsp3) is 0.389. The lowest BCUT2D eigenvalue weighted by Gasteiger charge is -2.25. The molecule has 0 aliphatic carbocycles. The Balaban J connectivity index is 2.01. The SMILES string of the molecule is CCC(C(=O)NCC(c1cccs1)N(C)C)c1ccccc1. The number of thiophene rings is 1. The van der Waals surface area contributed by atoms with Crippen molar-refractivity contribution in [2.24, 2.45) is 0 Å². The molecule has 0 aliphatic heterocycles. The Labute approximate surface area is 137 Å². The standard InChI is InChI=1S/C18H24N2OS/c1-4-15(14-9-6-5-7-10-14)18(21)19-13-16(20(2)3)17-11-8-12-22-17/h5-12,15-16H,4,13H2,1-3H3,(H,19,21). The highest BCUT2D eigenvalue weighted by atomic mass is 32.1. The zero-order valence-corrected chi connectivity index (χ0v) is 14.3. The number of benzene rings is 1. The van der Waals surface area contributed by atoms with Crippen molar-refractivity contribution in [1.82, 2.24) is 10.2 Å². The second-order valence-electron chi connectivity index (χ2n) is 5.61. The Morgan fingerprint density at radius 3 is 2.45 bits per heavy atom. The molecule has 4 heteroatoms. The molecule has 1 heterocycles. The van der Waals surface area contributed by atoms with Gasteiger partial charge in [-0.25, -0.2) is 0 Å². The number of carbonyl (C=O) groups excluding carboxylic acids is 1. The van der Waals surface area contributed by atoms with Gasteiger partial charge < -0.3 is 10.2 Å². The molecule has 1 N–H and O–H groups in total. The summed E-state index contributed by atoms with van der Waals surface area (Å²) in [7, 11) is 4.09. The molecule has 0 radical (unpaired) electrons. The number of carbonyl (C=O) groups is 1. The third kappa shape index (κ3) is 4.18. The highest BCUT2D eigenvalue weighted by Gasteiger charge is 2.21. The molecule has 1 amide bonds. The maximum absolute atomic E-state index is 12.5. The van der Waals surface area contributed by atoms with Gasteiger partial charge in [-0.3, -0.25) is 4.79 Å². The monoisotopic (exact) mass is 316 g/mol. The quantitative estimate of drug-likeness (QED) is 0.845. The maximum Gasteiger partial charge on any atom is 0.227 e. The Bertz CT molecular complexity index is 566. The maximum atomic E-state index is 12.5. The van der Waals surface area contributed by atoms with E-state index in [1.165, 1.54) is 4.88 Å². The van der Waals surface area contributed by atoms with E-state index >= 15 is 0 Å². The fourth-order valence-corrected chi connectivity index (χ4v) is 3.52. The van der Waals surface area contributed by atoms with E-state index in [0.29, 0.717) is 6.54 Å². The van der Waals surface area contributed by atoms with Gasteiger partial charge in [0.1, 0.15) is 0 Å². The van der Waals surface area contributed by atoms with Crippen LogP contribution in [0.4, 0.5) is 0 Å². The van der Waals surface area contributed by atoms with Gasteiger partial charge in [0.25, 0.3) is 0 Å². The molecule has 118 valence electrons. The molecule has 0 saturated carbocycles. The van der Waals surface area contributed by atoms with Gasteiger partial charge in [-0.05, 0) is 37.5 Å². The van der Waals surface area contributed by atoms with E-state index in [4.69, 9.17) is 0 Å². The Kier molecular flexibility index (Phi) is 6.16. The van der Waals surface area contributed by atoms with Crippen molar-refractivity contribution in [3.63, 3.8) is 0 Å². The summed E-state index contributed by atoms with van der Waals surface area (Å²) in [6.07, 6.45) is 0.807. The third-order valence-electron chi connectivity index (χ3n) is 3.89. The van der Waals surface area contributed by atoms with Crippen LogP contribution in [0.15, 0.2) is 47.8 Å². The molecular weight excluding hydrogens is 292 g/mol. The summed E-state index contributed by atoms with van der Waals surface area (Å²) in [6, 6.07) is 14.4. The normalized spacial score (nSPS) is 13.8. The van der Waals surface area contributed by atoms with Gasteiger partial charge in [-0.15, -0.1) is 11.3 Å². The predicted molar refractivity (Wildman–Crippen MR) is 93.2 cm³/mol. The fourth-order valence-electron chi connectivity index (χ4n) is 2.60. The van der Waals surface area contributed by atoms with Crippen LogP contribution in [0.5, 0.6) is 0 Å². The summed E-state index contributed by atoms with van der Waals surface area (Å²) in [5.74, 6) is 0.0319. The number of rotatable bonds is 7. The van der Waals surface area contributed by atoms with Crippen LogP contribution in [0.25, 0.3) is 0 Å². The number of likely N-dealkylation sites (N-methyl/N-ethyl adjacent to an activating group) is 1. The molecule has 2 rings (SSSR count). The van der Waals surface area contributed by atoms with Crippen molar-refractivity contribution in [3.05, 3.63) is 58.3 Å². The number of hydrogen-bond donors (Lipinski definition) is 1. The first kappa shape index (κ1) is 16.7. The first-order valence-corrected chi connectivity index (χ1v) is 8.54. The summed E-state index contributed by atoms with van der Waals surface area (Å²) in [5.41, 5.74) is 1.08. The average molecular weight is 316 g/mol. The van der Waals surface area contributed by atoms with Crippen LogP contribution in [0.3, 0.4) is 0 Å². The largest absolute Gasteiger partial charge is 0.354 e. The average Bonchev–Trinajstić information content (AvgIpc) is 3.03. The molecule has 2 aromatic rings. The van der Waals surface area contributed by atoms with E-state index < -0.39 is 0 Å². The molecule has 0 aliphatic rings. The zero-order chi connectivity index (χ0) is 15.9. The summed E-state index contributed by atoms with van der Waals surface area (Å²) >= 11 is 1.73. The van der Waals surface area contributed by atoms with Gasteiger partial charge in [-0.1, -0.05) is 43.3 Å². The Morgan fingerprint density at radius 1 is 1.18 bits per heavy atom. The van der Waals surface area contributed by atoms with Crippen molar-refractivity contribution in [2.75, 3.05) is 20.6 Å². The summed E-state index contributed by atoms with van der Waals surface area (Å²) < 4.78 is 0. The number of nitrogens with one attached hydrogen (secondary N) is 1. The van der Waals surface area contributed by atoms with E-state index in [0.717, 1.165) is 12.0 Å². The van der Waals surface area contributed by atoms with Gasteiger partial charge in [0, 0.05) is 11.4 Å². The van der Waals surface area contributed by atoms with Crippen LogP contribution in [0.2, 0.25) is 0 Å². The first-order valence-electron chi connectivity index (χ1n) is 7.66. The van der Waals surface area contributed by atoms with Gasteiger partial charge in [0.05, 0.1) is 12.0 Å². The molecule has 1 aromatic heterocycles.